The summed E-state index contributed by atoms with van der Waals surface area (Å²) in [5.41, 5.74) is 3.78. The van der Waals surface area contributed by atoms with Gasteiger partial charge in [0.2, 0.25) is 5.91 Å². The summed E-state index contributed by atoms with van der Waals surface area (Å²) in [6.45, 7) is 0.999. The van der Waals surface area contributed by atoms with E-state index in [0.29, 0.717) is 45.3 Å². The van der Waals surface area contributed by atoms with Crippen LogP contribution in [0.25, 0.3) is 0 Å². The van der Waals surface area contributed by atoms with Crippen LogP contribution in [0, 0.1) is 5.92 Å². The first-order chi connectivity index (χ1) is 17.1. The van der Waals surface area contributed by atoms with Gasteiger partial charge in [0, 0.05) is 25.6 Å². The maximum atomic E-state index is 13.4. The molecule has 4 N–H and O–H groups in total. The summed E-state index contributed by atoms with van der Waals surface area (Å²) in [4.78, 5) is 52.7. The first kappa shape index (κ1) is 26.4. The van der Waals surface area contributed by atoms with Crippen molar-refractivity contribution in [1.82, 2.24) is 19.2 Å². The van der Waals surface area contributed by atoms with Crippen molar-refractivity contribution in [2.24, 2.45) is 11.7 Å². The van der Waals surface area contributed by atoms with Crippen molar-refractivity contribution in [3.8, 4) is 0 Å². The zero-order valence-electron chi connectivity index (χ0n) is 20.3. The van der Waals surface area contributed by atoms with Crippen LogP contribution >= 0.6 is 0 Å². The second-order valence-electron chi connectivity index (χ2n) is 9.99. The smallest absolute Gasteiger partial charge is 0.405 e. The monoisotopic (exact) mass is 525 g/mol. The largest absolute Gasteiger partial charge is 0.436 e. The first-order valence-corrected chi connectivity index (χ1v) is 14.2. The van der Waals surface area contributed by atoms with Gasteiger partial charge < -0.3 is 20.7 Å². The van der Waals surface area contributed by atoms with E-state index in [9.17, 15) is 27.6 Å². The number of fused-ring (bicyclic) bond motifs is 2. The van der Waals surface area contributed by atoms with E-state index in [-0.39, 0.29) is 12.3 Å². The fourth-order valence-electron chi connectivity index (χ4n) is 5.38. The third-order valence-electron chi connectivity index (χ3n) is 7.47. The van der Waals surface area contributed by atoms with Crippen LogP contribution < -0.4 is 15.8 Å². The maximum absolute atomic E-state index is 13.4. The van der Waals surface area contributed by atoms with E-state index < -0.39 is 51.7 Å². The Bertz CT molecular complexity index is 1030. The number of carbonyl (C=O) groups excluding carboxylic acids is 4. The minimum absolute atomic E-state index is 0.269. The summed E-state index contributed by atoms with van der Waals surface area (Å²) in [6, 6.07) is -0.855. The Morgan fingerprint density at radius 3 is 2.53 bits per heavy atom. The number of ether oxygens (including phenoxy) is 1. The van der Waals surface area contributed by atoms with Crippen molar-refractivity contribution in [3.05, 3.63) is 12.2 Å². The molecule has 36 heavy (non-hydrogen) atoms. The fraction of sp³-hybridized carbons (Fsp3) is 0.739. The molecule has 1 aliphatic carbocycles. The number of nitrogens with one attached hydrogen (secondary N) is 2. The second kappa shape index (κ2) is 10.8. The number of hydrogen-bond donors (Lipinski definition) is 3. The number of primary amides is 1. The molecule has 3 fully saturated rings. The SMILES string of the molecule is NC(=O)OC1CCCCC/C=C/C2CC2(C(=O)NS(=O)(=O)N2CCCC2)NC(=O)C2CCCN2C1=O. The van der Waals surface area contributed by atoms with E-state index in [1.54, 1.807) is 0 Å². The molecule has 3 aliphatic heterocycles. The maximum Gasteiger partial charge on any atom is 0.405 e. The zero-order valence-corrected chi connectivity index (χ0v) is 21.1. The van der Waals surface area contributed by atoms with E-state index in [4.69, 9.17) is 10.5 Å². The lowest BCUT2D eigenvalue weighted by molar-refractivity contribution is -0.146. The van der Waals surface area contributed by atoms with Crippen LogP contribution in [-0.4, -0.2) is 78.8 Å². The second-order valence-corrected chi connectivity index (χ2v) is 11.7. The lowest BCUT2D eigenvalue weighted by Crippen LogP contribution is -2.58. The predicted octanol–water partition coefficient (Wildman–Crippen LogP) is 0.293. The van der Waals surface area contributed by atoms with Gasteiger partial charge >= 0.3 is 16.3 Å². The van der Waals surface area contributed by atoms with E-state index >= 15 is 0 Å². The fourth-order valence-corrected chi connectivity index (χ4v) is 6.66. The molecule has 12 nitrogen and oxygen atoms in total. The summed E-state index contributed by atoms with van der Waals surface area (Å²) < 4.78 is 34.0. The molecule has 0 aromatic rings. The molecule has 1 saturated carbocycles. The average molecular weight is 526 g/mol. The van der Waals surface area contributed by atoms with Crippen molar-refractivity contribution >= 4 is 34.0 Å². The van der Waals surface area contributed by atoms with E-state index in [2.05, 4.69) is 10.0 Å². The van der Waals surface area contributed by atoms with Crippen LogP contribution in [0.2, 0.25) is 0 Å². The molecule has 0 aromatic carbocycles. The summed E-state index contributed by atoms with van der Waals surface area (Å²) >= 11 is 0. The average Bonchev–Trinajstić information content (AvgIpc) is 3.21. The molecular weight excluding hydrogens is 490 g/mol. The molecule has 4 amide bonds. The standard InChI is InChI=1S/C23H35N5O7S/c24-22(32)35-18-11-5-3-1-2-4-9-16-15-23(16,21(31)26-36(33,34)27-12-6-7-13-27)25-19(29)17-10-8-14-28(17)20(18)30/h4,9,16-18H,1-3,5-8,10-15H2,(H2,24,32)(H,25,29)(H,26,31)/b9-4+. The number of carbonyl (C=O) groups is 4. The Morgan fingerprint density at radius 1 is 1.06 bits per heavy atom. The van der Waals surface area contributed by atoms with E-state index in [0.717, 1.165) is 32.1 Å². The molecule has 4 aliphatic rings. The Hall–Kier alpha value is -2.67. The number of amides is 4. The predicted molar refractivity (Wildman–Crippen MR) is 128 cm³/mol. The van der Waals surface area contributed by atoms with Crippen molar-refractivity contribution in [2.75, 3.05) is 19.6 Å². The summed E-state index contributed by atoms with van der Waals surface area (Å²) in [7, 11) is -4.01. The molecule has 200 valence electrons. The Balaban J connectivity index is 1.56. The van der Waals surface area contributed by atoms with Gasteiger partial charge in [-0.25, -0.2) is 9.52 Å². The lowest BCUT2D eigenvalue weighted by Gasteiger charge is -2.29. The van der Waals surface area contributed by atoms with Gasteiger partial charge in [-0.1, -0.05) is 18.6 Å². The number of rotatable bonds is 4. The third-order valence-corrected chi connectivity index (χ3v) is 8.96. The molecule has 13 heteroatoms. The number of allylic oxidation sites excluding steroid dienone is 1. The van der Waals surface area contributed by atoms with Crippen molar-refractivity contribution < 1.29 is 32.3 Å². The van der Waals surface area contributed by atoms with Crippen LogP contribution in [-0.2, 0) is 29.3 Å². The molecular formula is C23H35N5O7S. The first-order valence-electron chi connectivity index (χ1n) is 12.7. The van der Waals surface area contributed by atoms with Crippen molar-refractivity contribution in [3.63, 3.8) is 0 Å². The highest BCUT2D eigenvalue weighted by Gasteiger charge is 2.61. The molecule has 0 radical (unpaired) electrons. The van der Waals surface area contributed by atoms with Crippen molar-refractivity contribution in [1.29, 1.82) is 0 Å². The molecule has 0 bridgehead atoms. The van der Waals surface area contributed by atoms with Crippen molar-refractivity contribution in [2.45, 2.75) is 81.9 Å². The Kier molecular flexibility index (Phi) is 7.88. The molecule has 3 heterocycles. The minimum atomic E-state index is -4.01. The molecule has 4 rings (SSSR count). The van der Waals surface area contributed by atoms with Gasteiger partial charge in [0.25, 0.3) is 11.8 Å². The normalized spacial score (nSPS) is 32.9. The number of nitrogens with zero attached hydrogens (tertiary/aromatic N) is 2. The molecule has 2 saturated heterocycles. The van der Waals surface area contributed by atoms with Gasteiger partial charge in [-0.3, -0.25) is 14.4 Å². The van der Waals surface area contributed by atoms with Crippen LogP contribution in [0.4, 0.5) is 4.79 Å². The summed E-state index contributed by atoms with van der Waals surface area (Å²) in [5, 5.41) is 2.79. The quantitative estimate of drug-likeness (QED) is 0.443. The molecule has 0 spiro atoms. The van der Waals surface area contributed by atoms with Crippen LogP contribution in [0.3, 0.4) is 0 Å². The van der Waals surface area contributed by atoms with Gasteiger partial charge in [0.05, 0.1) is 0 Å². The Labute approximate surface area is 211 Å². The van der Waals surface area contributed by atoms with Gasteiger partial charge in [0.15, 0.2) is 6.10 Å². The van der Waals surface area contributed by atoms with E-state index in [1.807, 2.05) is 12.2 Å². The highest BCUT2D eigenvalue weighted by molar-refractivity contribution is 7.87. The third kappa shape index (κ3) is 5.66. The van der Waals surface area contributed by atoms with Gasteiger partial charge in [-0.15, -0.1) is 0 Å². The number of nitrogens with two attached hydrogens (primary N) is 1. The molecule has 0 aromatic heterocycles. The lowest BCUT2D eigenvalue weighted by atomic mass is 10.1. The topological polar surface area (TPSA) is 168 Å². The van der Waals surface area contributed by atoms with Gasteiger partial charge in [-0.2, -0.15) is 12.7 Å². The minimum Gasteiger partial charge on any atom is -0.436 e. The highest BCUT2D eigenvalue weighted by atomic mass is 32.2. The van der Waals surface area contributed by atoms with E-state index in [1.165, 1.54) is 9.21 Å². The molecule has 4 atom stereocenters. The Morgan fingerprint density at radius 2 is 1.81 bits per heavy atom. The van der Waals surface area contributed by atoms with Gasteiger partial charge in [-0.05, 0) is 57.8 Å². The number of hydrogen-bond acceptors (Lipinski definition) is 7. The van der Waals surface area contributed by atoms with Crippen LogP contribution in [0.15, 0.2) is 12.2 Å². The highest BCUT2D eigenvalue weighted by Crippen LogP contribution is 2.45. The summed E-state index contributed by atoms with van der Waals surface area (Å²) in [6.07, 6.45) is 7.63. The molecule has 4 unspecified atom stereocenters. The van der Waals surface area contributed by atoms with Crippen LogP contribution in [0.5, 0.6) is 0 Å². The summed E-state index contributed by atoms with van der Waals surface area (Å²) in [5.74, 6) is -2.13. The zero-order chi connectivity index (χ0) is 25.9. The van der Waals surface area contributed by atoms with Gasteiger partial charge in [0.1, 0.15) is 11.6 Å². The van der Waals surface area contributed by atoms with Crippen LogP contribution in [0.1, 0.15) is 64.2 Å².